The molecule has 1 aliphatic heterocycles. The third-order valence-electron chi connectivity index (χ3n) is 2.51. The van der Waals surface area contributed by atoms with Gasteiger partial charge in [0.05, 0.1) is 12.7 Å². The largest absolute Gasteiger partial charge is 0.504 e. The summed E-state index contributed by atoms with van der Waals surface area (Å²) >= 11 is 0. The number of carbonyl (C=O) groups is 1. The topological polar surface area (TPSA) is 55.8 Å². The van der Waals surface area contributed by atoms with Gasteiger partial charge in [0.2, 0.25) is 0 Å². The second-order valence-electron chi connectivity index (χ2n) is 3.64. The number of aliphatic hydroxyl groups excluding tert-OH is 1. The summed E-state index contributed by atoms with van der Waals surface area (Å²) in [5.41, 5.74) is 1.04. The van der Waals surface area contributed by atoms with Gasteiger partial charge >= 0.3 is 5.97 Å². The molecule has 0 spiro atoms. The van der Waals surface area contributed by atoms with Crippen LogP contribution in [-0.4, -0.2) is 18.2 Å². The van der Waals surface area contributed by atoms with Crippen LogP contribution in [0.1, 0.15) is 12.5 Å². The summed E-state index contributed by atoms with van der Waals surface area (Å²) in [7, 11) is 1.59. The molecule has 17 heavy (non-hydrogen) atoms. The van der Waals surface area contributed by atoms with E-state index in [1.807, 2.05) is 0 Å². The first-order chi connectivity index (χ1) is 8.11. The number of methoxy groups -OCH3 is 1. The van der Waals surface area contributed by atoms with Gasteiger partial charge in [0.1, 0.15) is 5.75 Å². The lowest BCUT2D eigenvalue weighted by Gasteiger charge is -2.01. The van der Waals surface area contributed by atoms with Crippen molar-refractivity contribution >= 4 is 12.0 Å². The van der Waals surface area contributed by atoms with Gasteiger partial charge in [-0.15, -0.1) is 0 Å². The third kappa shape index (κ3) is 2.15. The SMILES string of the molecule is COc1ccc(/C=C2/OC(=O)C(C)=C2O)cc1. The molecule has 0 aliphatic carbocycles. The predicted octanol–water partition coefficient (Wildman–Crippen LogP) is 2.42. The molecule has 0 amide bonds. The van der Waals surface area contributed by atoms with E-state index in [1.165, 1.54) is 6.92 Å². The molecule has 0 atom stereocenters. The standard InChI is InChI=1S/C13H12O4/c1-8-12(14)11(17-13(8)15)7-9-3-5-10(16-2)6-4-9/h3-7,14H,1-2H3/b11-7+. The lowest BCUT2D eigenvalue weighted by Crippen LogP contribution is -1.94. The average Bonchev–Trinajstić information content (AvgIpc) is 2.58. The fraction of sp³-hybridized carbons (Fsp3) is 0.154. The Balaban J connectivity index is 2.28. The molecular weight excluding hydrogens is 220 g/mol. The summed E-state index contributed by atoms with van der Waals surface area (Å²) in [5.74, 6) is 0.303. The van der Waals surface area contributed by atoms with Crippen LogP contribution in [0.25, 0.3) is 6.08 Å². The summed E-state index contributed by atoms with van der Waals surface area (Å²) in [6.07, 6.45) is 1.60. The highest BCUT2D eigenvalue weighted by Crippen LogP contribution is 2.25. The number of rotatable bonds is 2. The van der Waals surface area contributed by atoms with E-state index in [0.717, 1.165) is 11.3 Å². The lowest BCUT2D eigenvalue weighted by atomic mass is 10.1. The molecule has 0 saturated heterocycles. The van der Waals surface area contributed by atoms with Crippen LogP contribution >= 0.6 is 0 Å². The maximum atomic E-state index is 11.2. The van der Waals surface area contributed by atoms with Crippen LogP contribution in [0.15, 0.2) is 41.4 Å². The Kier molecular flexibility index (Phi) is 2.87. The zero-order chi connectivity index (χ0) is 12.4. The molecule has 1 aromatic rings. The molecule has 0 bridgehead atoms. The van der Waals surface area contributed by atoms with E-state index in [1.54, 1.807) is 37.5 Å². The quantitative estimate of drug-likeness (QED) is 0.795. The average molecular weight is 232 g/mol. The van der Waals surface area contributed by atoms with Crippen LogP contribution in [-0.2, 0) is 9.53 Å². The Labute approximate surface area is 98.8 Å². The highest BCUT2D eigenvalue weighted by Gasteiger charge is 2.25. The van der Waals surface area contributed by atoms with Gasteiger partial charge in [-0.25, -0.2) is 4.79 Å². The highest BCUT2D eigenvalue weighted by molar-refractivity contribution is 5.94. The summed E-state index contributed by atoms with van der Waals surface area (Å²) in [4.78, 5) is 11.2. The van der Waals surface area contributed by atoms with Crippen molar-refractivity contribution in [3.63, 3.8) is 0 Å². The van der Waals surface area contributed by atoms with E-state index in [9.17, 15) is 9.90 Å². The minimum atomic E-state index is -0.512. The zero-order valence-corrected chi connectivity index (χ0v) is 9.56. The molecule has 0 unspecified atom stereocenters. The van der Waals surface area contributed by atoms with E-state index < -0.39 is 5.97 Å². The molecule has 0 aromatic heterocycles. The number of cyclic esters (lactones) is 1. The van der Waals surface area contributed by atoms with Crippen molar-refractivity contribution in [1.29, 1.82) is 0 Å². The molecular formula is C13H12O4. The van der Waals surface area contributed by atoms with Crippen LogP contribution < -0.4 is 4.74 Å². The Morgan fingerprint density at radius 3 is 2.41 bits per heavy atom. The highest BCUT2D eigenvalue weighted by atomic mass is 16.6. The number of benzene rings is 1. The summed E-state index contributed by atoms with van der Waals surface area (Å²) < 4.78 is 9.94. The first-order valence-electron chi connectivity index (χ1n) is 5.10. The van der Waals surface area contributed by atoms with Gasteiger partial charge in [0, 0.05) is 0 Å². The Bertz CT molecular complexity index is 509. The number of hydrogen-bond acceptors (Lipinski definition) is 4. The molecule has 0 fully saturated rings. The summed E-state index contributed by atoms with van der Waals surface area (Å²) in [6, 6.07) is 7.19. The van der Waals surface area contributed by atoms with Gasteiger partial charge in [-0.3, -0.25) is 0 Å². The molecule has 0 radical (unpaired) electrons. The van der Waals surface area contributed by atoms with Crippen molar-refractivity contribution < 1.29 is 19.4 Å². The van der Waals surface area contributed by atoms with E-state index in [4.69, 9.17) is 9.47 Å². The molecule has 1 aliphatic rings. The second-order valence-corrected chi connectivity index (χ2v) is 3.64. The predicted molar refractivity (Wildman–Crippen MR) is 62.4 cm³/mol. The smallest absolute Gasteiger partial charge is 0.343 e. The van der Waals surface area contributed by atoms with Crippen molar-refractivity contribution in [2.75, 3.05) is 7.11 Å². The first kappa shape index (κ1) is 11.3. The second kappa shape index (κ2) is 4.33. The van der Waals surface area contributed by atoms with Gasteiger partial charge < -0.3 is 14.6 Å². The van der Waals surface area contributed by atoms with Gasteiger partial charge in [0.25, 0.3) is 0 Å². The molecule has 0 saturated carbocycles. The maximum Gasteiger partial charge on any atom is 0.343 e. The van der Waals surface area contributed by atoms with Crippen LogP contribution in [0.4, 0.5) is 0 Å². The van der Waals surface area contributed by atoms with E-state index in [2.05, 4.69) is 0 Å². The summed E-state index contributed by atoms with van der Waals surface area (Å²) in [6.45, 7) is 1.52. The number of esters is 1. The number of ether oxygens (including phenoxy) is 2. The van der Waals surface area contributed by atoms with Crippen molar-refractivity contribution in [1.82, 2.24) is 0 Å². The van der Waals surface area contributed by atoms with Gasteiger partial charge in [0.15, 0.2) is 11.5 Å². The van der Waals surface area contributed by atoms with Crippen molar-refractivity contribution in [3.05, 3.63) is 46.9 Å². The zero-order valence-electron chi connectivity index (χ0n) is 9.56. The molecule has 88 valence electrons. The van der Waals surface area contributed by atoms with Gasteiger partial charge in [-0.1, -0.05) is 12.1 Å². The Morgan fingerprint density at radius 1 is 1.29 bits per heavy atom. The molecule has 1 heterocycles. The number of carbonyl (C=O) groups excluding carboxylic acids is 1. The van der Waals surface area contributed by atoms with Crippen LogP contribution in [0, 0.1) is 0 Å². The molecule has 4 nitrogen and oxygen atoms in total. The Morgan fingerprint density at radius 2 is 1.94 bits per heavy atom. The molecule has 2 rings (SSSR count). The van der Waals surface area contributed by atoms with Crippen LogP contribution in [0.2, 0.25) is 0 Å². The van der Waals surface area contributed by atoms with E-state index in [-0.39, 0.29) is 17.1 Å². The van der Waals surface area contributed by atoms with Crippen LogP contribution in [0.5, 0.6) is 5.75 Å². The number of aliphatic hydroxyl groups is 1. The van der Waals surface area contributed by atoms with Crippen molar-refractivity contribution in [2.24, 2.45) is 0 Å². The van der Waals surface area contributed by atoms with Crippen molar-refractivity contribution in [3.8, 4) is 5.75 Å². The third-order valence-corrected chi connectivity index (χ3v) is 2.51. The maximum absolute atomic E-state index is 11.2. The van der Waals surface area contributed by atoms with Gasteiger partial charge in [-0.2, -0.15) is 0 Å². The fourth-order valence-corrected chi connectivity index (χ4v) is 1.46. The minimum absolute atomic E-state index is 0.106. The molecule has 1 aromatic carbocycles. The normalized spacial score (nSPS) is 17.5. The van der Waals surface area contributed by atoms with Gasteiger partial charge in [-0.05, 0) is 30.7 Å². The van der Waals surface area contributed by atoms with Crippen molar-refractivity contribution in [2.45, 2.75) is 6.92 Å². The number of hydrogen-bond donors (Lipinski definition) is 1. The molecule has 1 N–H and O–H groups in total. The van der Waals surface area contributed by atoms with E-state index >= 15 is 0 Å². The Hall–Kier alpha value is -2.23. The van der Waals surface area contributed by atoms with E-state index in [0.29, 0.717) is 0 Å². The lowest BCUT2D eigenvalue weighted by molar-refractivity contribution is -0.133. The fourth-order valence-electron chi connectivity index (χ4n) is 1.46. The monoisotopic (exact) mass is 232 g/mol. The minimum Gasteiger partial charge on any atom is -0.504 e. The summed E-state index contributed by atoms with van der Waals surface area (Å²) in [5, 5.41) is 9.63. The first-order valence-corrected chi connectivity index (χ1v) is 5.10. The van der Waals surface area contributed by atoms with Crippen LogP contribution in [0.3, 0.4) is 0 Å². The molecule has 4 heteroatoms.